The van der Waals surface area contributed by atoms with E-state index in [4.69, 9.17) is 5.11 Å². The summed E-state index contributed by atoms with van der Waals surface area (Å²) in [6.07, 6.45) is 0. The van der Waals surface area contributed by atoms with Gasteiger partial charge in [-0.2, -0.15) is 0 Å². The van der Waals surface area contributed by atoms with Crippen molar-refractivity contribution in [3.05, 3.63) is 64.2 Å². The van der Waals surface area contributed by atoms with Crippen molar-refractivity contribution >= 4 is 11.7 Å². The highest BCUT2D eigenvalue weighted by atomic mass is 19.1. The van der Waals surface area contributed by atoms with E-state index in [-0.39, 0.29) is 5.69 Å². The normalized spacial score (nSPS) is 10.5. The average Bonchev–Trinajstić information content (AvgIpc) is 2.39. The van der Waals surface area contributed by atoms with E-state index in [9.17, 15) is 13.6 Å². The van der Waals surface area contributed by atoms with Crippen LogP contribution in [0.2, 0.25) is 0 Å². The summed E-state index contributed by atoms with van der Waals surface area (Å²) in [5.74, 6) is -3.33. The maximum absolute atomic E-state index is 13.7. The van der Waals surface area contributed by atoms with Gasteiger partial charge in [0.2, 0.25) is 0 Å². The summed E-state index contributed by atoms with van der Waals surface area (Å²) in [5.41, 5.74) is 2.50. The molecule has 0 saturated carbocycles. The highest BCUT2D eigenvalue weighted by molar-refractivity contribution is 5.89. The van der Waals surface area contributed by atoms with Crippen molar-refractivity contribution in [3.8, 4) is 0 Å². The third-order valence-corrected chi connectivity index (χ3v) is 3.39. The molecular formula is C16H15F2NO2. The van der Waals surface area contributed by atoms with Crippen LogP contribution in [0, 0.1) is 25.5 Å². The number of carboxylic acid groups (broad SMARTS) is 1. The zero-order valence-corrected chi connectivity index (χ0v) is 11.7. The Hall–Kier alpha value is -2.43. The third kappa shape index (κ3) is 3.18. The molecule has 2 aromatic carbocycles. The lowest BCUT2D eigenvalue weighted by Crippen LogP contribution is -2.08. The van der Waals surface area contributed by atoms with Crippen LogP contribution in [0.1, 0.15) is 27.0 Å². The summed E-state index contributed by atoms with van der Waals surface area (Å²) in [6.45, 7) is 4.21. The van der Waals surface area contributed by atoms with Crippen LogP contribution in [0.25, 0.3) is 0 Å². The Morgan fingerprint density at radius 2 is 1.76 bits per heavy atom. The molecular weight excluding hydrogens is 276 g/mol. The summed E-state index contributed by atoms with van der Waals surface area (Å²) < 4.78 is 27.0. The molecule has 2 N–H and O–H groups in total. The SMILES string of the molecule is Cc1cccc(C)c1CNc1cc(C(=O)O)c(F)cc1F. The van der Waals surface area contributed by atoms with Crippen LogP contribution in [-0.2, 0) is 6.54 Å². The molecule has 21 heavy (non-hydrogen) atoms. The molecule has 110 valence electrons. The van der Waals surface area contributed by atoms with Crippen LogP contribution in [-0.4, -0.2) is 11.1 Å². The van der Waals surface area contributed by atoms with E-state index >= 15 is 0 Å². The number of aryl methyl sites for hydroxylation is 2. The van der Waals surface area contributed by atoms with E-state index < -0.39 is 23.2 Å². The van der Waals surface area contributed by atoms with Gasteiger partial charge >= 0.3 is 5.97 Å². The van der Waals surface area contributed by atoms with Crippen molar-refractivity contribution in [1.29, 1.82) is 0 Å². The van der Waals surface area contributed by atoms with Gasteiger partial charge in [-0.25, -0.2) is 13.6 Å². The Balaban J connectivity index is 2.28. The molecule has 0 heterocycles. The minimum absolute atomic E-state index is 0.0311. The van der Waals surface area contributed by atoms with Crippen molar-refractivity contribution in [1.82, 2.24) is 0 Å². The quantitative estimate of drug-likeness (QED) is 0.898. The third-order valence-electron chi connectivity index (χ3n) is 3.39. The maximum Gasteiger partial charge on any atom is 0.338 e. The van der Waals surface area contributed by atoms with Gasteiger partial charge in [-0.15, -0.1) is 0 Å². The Labute approximate surface area is 121 Å². The van der Waals surface area contributed by atoms with E-state index in [2.05, 4.69) is 5.32 Å². The van der Waals surface area contributed by atoms with Crippen molar-refractivity contribution in [3.63, 3.8) is 0 Å². The molecule has 0 aliphatic heterocycles. The monoisotopic (exact) mass is 291 g/mol. The molecule has 0 fully saturated rings. The summed E-state index contributed by atoms with van der Waals surface area (Å²) in [7, 11) is 0. The molecule has 0 saturated heterocycles. The molecule has 0 amide bonds. The van der Waals surface area contributed by atoms with Crippen molar-refractivity contribution in [2.45, 2.75) is 20.4 Å². The first kappa shape index (κ1) is 15.0. The maximum atomic E-state index is 13.7. The standard InChI is InChI=1S/C16H15F2NO2/c1-9-4-3-5-10(2)12(9)8-19-15-6-11(16(20)21)13(17)7-14(15)18/h3-7,19H,8H2,1-2H3,(H,20,21). The molecule has 5 heteroatoms. The van der Waals surface area contributed by atoms with Gasteiger partial charge in [0.05, 0.1) is 11.3 Å². The fourth-order valence-electron chi connectivity index (χ4n) is 2.16. The van der Waals surface area contributed by atoms with E-state index in [0.717, 1.165) is 22.8 Å². The van der Waals surface area contributed by atoms with Crippen LogP contribution in [0.4, 0.5) is 14.5 Å². The highest BCUT2D eigenvalue weighted by Crippen LogP contribution is 2.22. The Kier molecular flexibility index (Phi) is 4.21. The zero-order valence-electron chi connectivity index (χ0n) is 11.7. The number of benzene rings is 2. The zero-order chi connectivity index (χ0) is 15.6. The van der Waals surface area contributed by atoms with Crippen LogP contribution in [0.3, 0.4) is 0 Å². The highest BCUT2D eigenvalue weighted by Gasteiger charge is 2.15. The second-order valence-corrected chi connectivity index (χ2v) is 4.84. The fourth-order valence-corrected chi connectivity index (χ4v) is 2.16. The van der Waals surface area contributed by atoms with Crippen LogP contribution in [0.5, 0.6) is 0 Å². The number of hydrogen-bond donors (Lipinski definition) is 2. The van der Waals surface area contributed by atoms with E-state index in [1.54, 1.807) is 0 Å². The van der Waals surface area contributed by atoms with E-state index in [0.29, 0.717) is 12.6 Å². The van der Waals surface area contributed by atoms with Gasteiger partial charge < -0.3 is 10.4 Å². The van der Waals surface area contributed by atoms with Crippen LogP contribution in [0.15, 0.2) is 30.3 Å². The minimum Gasteiger partial charge on any atom is -0.478 e. The van der Waals surface area contributed by atoms with Gasteiger partial charge in [0.15, 0.2) is 0 Å². The molecule has 0 atom stereocenters. The van der Waals surface area contributed by atoms with Crippen LogP contribution >= 0.6 is 0 Å². The number of halogens is 2. The summed E-state index contributed by atoms with van der Waals surface area (Å²) in [4.78, 5) is 10.9. The van der Waals surface area contributed by atoms with Gasteiger partial charge in [-0.3, -0.25) is 0 Å². The lowest BCUT2D eigenvalue weighted by Gasteiger charge is -2.13. The molecule has 0 spiro atoms. The number of hydrogen-bond acceptors (Lipinski definition) is 2. The number of aromatic carboxylic acids is 1. The predicted molar refractivity (Wildman–Crippen MR) is 76.6 cm³/mol. The second-order valence-electron chi connectivity index (χ2n) is 4.84. The summed E-state index contributed by atoms with van der Waals surface area (Å²) in [5, 5.41) is 11.7. The van der Waals surface area contributed by atoms with Crippen molar-refractivity contribution in [2.24, 2.45) is 0 Å². The molecule has 0 bridgehead atoms. The Bertz CT molecular complexity index is 679. The number of carboxylic acids is 1. The first-order chi connectivity index (χ1) is 9.90. The van der Waals surface area contributed by atoms with Crippen LogP contribution < -0.4 is 5.32 Å². The Morgan fingerprint density at radius 3 is 2.33 bits per heavy atom. The number of carbonyl (C=O) groups is 1. The van der Waals surface area contributed by atoms with E-state index in [1.165, 1.54) is 0 Å². The van der Waals surface area contributed by atoms with Gasteiger partial charge in [0, 0.05) is 12.6 Å². The first-order valence-corrected chi connectivity index (χ1v) is 6.41. The van der Waals surface area contributed by atoms with Gasteiger partial charge in [0.1, 0.15) is 11.6 Å². The number of rotatable bonds is 4. The first-order valence-electron chi connectivity index (χ1n) is 6.41. The summed E-state index contributed by atoms with van der Waals surface area (Å²) >= 11 is 0. The lowest BCUT2D eigenvalue weighted by atomic mass is 10.0. The average molecular weight is 291 g/mol. The minimum atomic E-state index is -1.43. The molecule has 0 aliphatic rings. The molecule has 0 aromatic heterocycles. The lowest BCUT2D eigenvalue weighted by molar-refractivity contribution is 0.0692. The second kappa shape index (κ2) is 5.91. The topological polar surface area (TPSA) is 49.3 Å². The molecule has 2 aromatic rings. The van der Waals surface area contributed by atoms with Crippen molar-refractivity contribution < 1.29 is 18.7 Å². The molecule has 2 rings (SSSR count). The smallest absolute Gasteiger partial charge is 0.338 e. The molecule has 0 aliphatic carbocycles. The van der Waals surface area contributed by atoms with Gasteiger partial charge in [0.25, 0.3) is 0 Å². The Morgan fingerprint density at radius 1 is 1.14 bits per heavy atom. The molecule has 3 nitrogen and oxygen atoms in total. The largest absolute Gasteiger partial charge is 0.478 e. The number of anilines is 1. The predicted octanol–water partition coefficient (Wildman–Crippen LogP) is 3.89. The van der Waals surface area contributed by atoms with E-state index in [1.807, 2.05) is 32.0 Å². The van der Waals surface area contributed by atoms with Gasteiger partial charge in [-0.1, -0.05) is 18.2 Å². The number of nitrogens with one attached hydrogen (secondary N) is 1. The fraction of sp³-hybridized carbons (Fsp3) is 0.188. The molecule has 0 radical (unpaired) electrons. The summed E-state index contributed by atoms with van der Waals surface area (Å²) in [6, 6.07) is 7.35. The van der Waals surface area contributed by atoms with Crippen molar-refractivity contribution in [2.75, 3.05) is 5.32 Å². The molecule has 0 unspecified atom stereocenters. The van der Waals surface area contributed by atoms with Gasteiger partial charge in [-0.05, 0) is 36.6 Å².